The highest BCUT2D eigenvalue weighted by Gasteiger charge is 2.21. The van der Waals surface area contributed by atoms with Crippen molar-refractivity contribution in [2.45, 2.75) is 13.3 Å². The van der Waals surface area contributed by atoms with Gasteiger partial charge in [0.05, 0.1) is 17.7 Å². The smallest absolute Gasteiger partial charge is 0.266 e. The van der Waals surface area contributed by atoms with Gasteiger partial charge in [0.2, 0.25) is 0 Å². The SMILES string of the molecule is Cc1ncsc1C(=O)N(CCBr)CC(F)F. The normalized spacial score (nSPS) is 10.8. The number of hydrogen-bond donors (Lipinski definition) is 0. The molecule has 0 fully saturated rings. The van der Waals surface area contributed by atoms with E-state index >= 15 is 0 Å². The summed E-state index contributed by atoms with van der Waals surface area (Å²) in [6.45, 7) is 1.42. The fraction of sp³-hybridized carbons (Fsp3) is 0.556. The van der Waals surface area contributed by atoms with Gasteiger partial charge in [0.1, 0.15) is 4.88 Å². The number of alkyl halides is 3. The van der Waals surface area contributed by atoms with Gasteiger partial charge in [0.25, 0.3) is 12.3 Å². The van der Waals surface area contributed by atoms with Crippen molar-refractivity contribution in [3.63, 3.8) is 0 Å². The van der Waals surface area contributed by atoms with E-state index in [1.807, 2.05) is 0 Å². The molecule has 0 aliphatic heterocycles. The topological polar surface area (TPSA) is 33.2 Å². The van der Waals surface area contributed by atoms with E-state index in [2.05, 4.69) is 20.9 Å². The largest absolute Gasteiger partial charge is 0.331 e. The Morgan fingerprint density at radius 3 is 2.81 bits per heavy atom. The Morgan fingerprint density at radius 1 is 1.69 bits per heavy atom. The van der Waals surface area contributed by atoms with Crippen LogP contribution >= 0.6 is 27.3 Å². The summed E-state index contributed by atoms with van der Waals surface area (Å²) in [7, 11) is 0. The highest BCUT2D eigenvalue weighted by atomic mass is 79.9. The molecule has 0 N–H and O–H groups in total. The maximum absolute atomic E-state index is 12.3. The lowest BCUT2D eigenvalue weighted by atomic mass is 10.3. The lowest BCUT2D eigenvalue weighted by Gasteiger charge is -2.20. The van der Waals surface area contributed by atoms with Gasteiger partial charge in [0, 0.05) is 11.9 Å². The number of aromatic nitrogens is 1. The summed E-state index contributed by atoms with van der Waals surface area (Å²) in [5.74, 6) is -0.375. The van der Waals surface area contributed by atoms with Crippen LogP contribution in [-0.4, -0.2) is 40.6 Å². The van der Waals surface area contributed by atoms with Crippen LogP contribution in [0.2, 0.25) is 0 Å². The molecule has 0 saturated carbocycles. The molecule has 1 amide bonds. The minimum Gasteiger partial charge on any atom is -0.331 e. The van der Waals surface area contributed by atoms with Gasteiger partial charge in [-0.2, -0.15) is 0 Å². The van der Waals surface area contributed by atoms with Crippen LogP contribution in [0, 0.1) is 6.92 Å². The average Bonchev–Trinajstić information content (AvgIpc) is 2.62. The van der Waals surface area contributed by atoms with E-state index in [-0.39, 0.29) is 12.5 Å². The monoisotopic (exact) mass is 312 g/mol. The van der Waals surface area contributed by atoms with Crippen LogP contribution in [0.5, 0.6) is 0 Å². The van der Waals surface area contributed by atoms with Crippen molar-refractivity contribution in [2.75, 3.05) is 18.4 Å². The predicted molar refractivity (Wildman–Crippen MR) is 62.6 cm³/mol. The summed E-state index contributed by atoms with van der Waals surface area (Å²) < 4.78 is 24.6. The van der Waals surface area contributed by atoms with E-state index in [1.54, 1.807) is 6.92 Å². The molecule has 7 heteroatoms. The van der Waals surface area contributed by atoms with E-state index in [4.69, 9.17) is 0 Å². The fourth-order valence-electron chi connectivity index (χ4n) is 1.20. The van der Waals surface area contributed by atoms with Gasteiger partial charge in [-0.05, 0) is 6.92 Å². The molecule has 1 aromatic heterocycles. The molecule has 0 unspecified atom stereocenters. The molecule has 0 atom stereocenters. The zero-order valence-electron chi connectivity index (χ0n) is 8.62. The van der Waals surface area contributed by atoms with Gasteiger partial charge in [-0.1, -0.05) is 15.9 Å². The summed E-state index contributed by atoms with van der Waals surface area (Å²) in [5.41, 5.74) is 2.13. The quantitative estimate of drug-likeness (QED) is 0.783. The van der Waals surface area contributed by atoms with E-state index < -0.39 is 13.0 Å². The number of amides is 1. The van der Waals surface area contributed by atoms with Gasteiger partial charge in [-0.25, -0.2) is 13.8 Å². The molecule has 0 aliphatic carbocycles. The van der Waals surface area contributed by atoms with Crippen LogP contribution in [0.4, 0.5) is 8.78 Å². The van der Waals surface area contributed by atoms with Crippen molar-refractivity contribution >= 4 is 33.2 Å². The number of nitrogens with zero attached hydrogens (tertiary/aromatic N) is 2. The van der Waals surface area contributed by atoms with E-state index in [9.17, 15) is 13.6 Å². The second-order valence-electron chi connectivity index (χ2n) is 3.10. The summed E-state index contributed by atoms with van der Waals surface area (Å²) in [6, 6.07) is 0. The van der Waals surface area contributed by atoms with Gasteiger partial charge < -0.3 is 4.90 Å². The first-order chi connectivity index (χ1) is 7.56. The van der Waals surface area contributed by atoms with E-state index in [0.29, 0.717) is 15.9 Å². The number of halogens is 3. The fourth-order valence-corrected chi connectivity index (χ4v) is 2.39. The molecule has 3 nitrogen and oxygen atoms in total. The molecule has 1 heterocycles. The summed E-state index contributed by atoms with van der Waals surface area (Å²) >= 11 is 4.32. The molecule has 0 bridgehead atoms. The first kappa shape index (κ1) is 13.5. The van der Waals surface area contributed by atoms with Crippen molar-refractivity contribution in [3.8, 4) is 0 Å². The number of aryl methyl sites for hydroxylation is 1. The Bertz CT molecular complexity index is 359. The standard InChI is InChI=1S/C9H11BrF2N2OS/c1-6-8(16-5-13-6)9(15)14(3-2-10)4-7(11)12/h5,7H,2-4H2,1H3. The van der Waals surface area contributed by atoms with Crippen LogP contribution in [0.3, 0.4) is 0 Å². The van der Waals surface area contributed by atoms with Gasteiger partial charge >= 0.3 is 0 Å². The second kappa shape index (κ2) is 6.24. The second-order valence-corrected chi connectivity index (χ2v) is 4.75. The zero-order valence-corrected chi connectivity index (χ0v) is 11.0. The Morgan fingerprint density at radius 2 is 2.38 bits per heavy atom. The molecule has 0 spiro atoms. The van der Waals surface area contributed by atoms with Crippen molar-refractivity contribution in [3.05, 3.63) is 16.1 Å². The maximum Gasteiger partial charge on any atom is 0.266 e. The van der Waals surface area contributed by atoms with Crippen LogP contribution in [0.1, 0.15) is 15.4 Å². The molecule has 0 aliphatic rings. The van der Waals surface area contributed by atoms with Gasteiger partial charge in [0.15, 0.2) is 0 Å². The molecule has 1 rings (SSSR count). The Balaban J connectivity index is 2.78. The molecule has 16 heavy (non-hydrogen) atoms. The first-order valence-corrected chi connectivity index (χ1v) is 6.59. The first-order valence-electron chi connectivity index (χ1n) is 4.59. The van der Waals surface area contributed by atoms with Crippen molar-refractivity contribution < 1.29 is 13.6 Å². The third-order valence-corrected chi connectivity index (χ3v) is 3.21. The molecule has 0 saturated heterocycles. The number of carbonyl (C=O) groups excluding carboxylic acids is 1. The summed E-state index contributed by atoms with van der Waals surface area (Å²) in [6.07, 6.45) is -2.52. The van der Waals surface area contributed by atoms with Crippen LogP contribution in [0.15, 0.2) is 5.51 Å². The number of thiazole rings is 1. The zero-order chi connectivity index (χ0) is 12.1. The molecule has 1 aromatic rings. The van der Waals surface area contributed by atoms with E-state index in [1.165, 1.54) is 16.8 Å². The van der Waals surface area contributed by atoms with Gasteiger partial charge in [-0.15, -0.1) is 11.3 Å². The highest BCUT2D eigenvalue weighted by molar-refractivity contribution is 9.09. The lowest BCUT2D eigenvalue weighted by Crippen LogP contribution is -2.36. The predicted octanol–water partition coefficient (Wildman–Crippen LogP) is 2.55. The number of hydrogen-bond acceptors (Lipinski definition) is 3. The Labute approximate surface area is 105 Å². The lowest BCUT2D eigenvalue weighted by molar-refractivity contribution is 0.0576. The van der Waals surface area contributed by atoms with Crippen LogP contribution in [0.25, 0.3) is 0 Å². The minimum atomic E-state index is -2.52. The molecular weight excluding hydrogens is 302 g/mol. The highest BCUT2D eigenvalue weighted by Crippen LogP contribution is 2.16. The summed E-state index contributed by atoms with van der Waals surface area (Å²) in [5, 5.41) is 0.476. The molecule has 0 aromatic carbocycles. The molecular formula is C9H11BrF2N2OS. The number of carbonyl (C=O) groups is 1. The third kappa shape index (κ3) is 3.48. The third-order valence-electron chi connectivity index (χ3n) is 1.94. The van der Waals surface area contributed by atoms with Crippen molar-refractivity contribution in [1.29, 1.82) is 0 Å². The maximum atomic E-state index is 12.3. The van der Waals surface area contributed by atoms with Gasteiger partial charge in [-0.3, -0.25) is 4.79 Å². The minimum absolute atomic E-state index is 0.264. The number of rotatable bonds is 5. The van der Waals surface area contributed by atoms with E-state index in [0.717, 1.165) is 4.90 Å². The molecule has 0 radical (unpaired) electrons. The van der Waals surface area contributed by atoms with Crippen LogP contribution < -0.4 is 0 Å². The van der Waals surface area contributed by atoms with Crippen molar-refractivity contribution in [2.24, 2.45) is 0 Å². The van der Waals surface area contributed by atoms with Crippen LogP contribution in [-0.2, 0) is 0 Å². The summed E-state index contributed by atoms with van der Waals surface area (Å²) in [4.78, 5) is 17.4. The van der Waals surface area contributed by atoms with Crippen molar-refractivity contribution in [1.82, 2.24) is 9.88 Å². The Hall–Kier alpha value is -0.560. The average molecular weight is 313 g/mol. The molecule has 90 valence electrons. The Kier molecular flexibility index (Phi) is 5.27.